The van der Waals surface area contributed by atoms with E-state index in [0.29, 0.717) is 13.0 Å². The van der Waals surface area contributed by atoms with Gasteiger partial charge in [0, 0.05) is 5.38 Å². The lowest BCUT2D eigenvalue weighted by Crippen LogP contribution is -2.48. The summed E-state index contributed by atoms with van der Waals surface area (Å²) in [6, 6.07) is -1.36. The lowest BCUT2D eigenvalue weighted by atomic mass is 9.99. The zero-order valence-electron chi connectivity index (χ0n) is 11.3. The first kappa shape index (κ1) is 15.4. The van der Waals surface area contributed by atoms with E-state index >= 15 is 0 Å². The number of amides is 2. The van der Waals surface area contributed by atoms with E-state index in [0.717, 1.165) is 10.7 Å². The van der Waals surface area contributed by atoms with Gasteiger partial charge in [-0.1, -0.05) is 20.3 Å². The summed E-state index contributed by atoms with van der Waals surface area (Å²) >= 11 is 1.51. The molecule has 1 rings (SSSR count). The summed E-state index contributed by atoms with van der Waals surface area (Å²) in [5, 5.41) is 16.9. The molecule has 0 fully saturated rings. The van der Waals surface area contributed by atoms with Crippen molar-refractivity contribution in [1.82, 2.24) is 15.6 Å². The van der Waals surface area contributed by atoms with Gasteiger partial charge in [0.15, 0.2) is 0 Å². The molecule has 2 amide bonds. The molecular formula is C12H19N3O3S. The molecule has 2 atom stereocenters. The highest BCUT2D eigenvalue weighted by molar-refractivity contribution is 7.09. The minimum absolute atomic E-state index is 0.121. The number of carboxylic acid groups (broad SMARTS) is 1. The van der Waals surface area contributed by atoms with Crippen LogP contribution in [0.4, 0.5) is 4.79 Å². The third-order valence-electron chi connectivity index (χ3n) is 2.86. The van der Waals surface area contributed by atoms with Gasteiger partial charge in [-0.2, -0.15) is 0 Å². The van der Waals surface area contributed by atoms with E-state index in [1.54, 1.807) is 6.92 Å². The van der Waals surface area contributed by atoms with Crippen LogP contribution >= 0.6 is 11.3 Å². The van der Waals surface area contributed by atoms with E-state index in [2.05, 4.69) is 15.6 Å². The fourth-order valence-electron chi connectivity index (χ4n) is 1.54. The first-order chi connectivity index (χ1) is 8.93. The predicted octanol–water partition coefficient (Wildman–Crippen LogP) is 1.75. The van der Waals surface area contributed by atoms with Crippen molar-refractivity contribution in [2.75, 3.05) is 0 Å². The van der Waals surface area contributed by atoms with Crippen molar-refractivity contribution < 1.29 is 14.7 Å². The Bertz CT molecular complexity index is 447. The lowest BCUT2D eigenvalue weighted by Gasteiger charge is -2.20. The standard InChI is InChI=1S/C12H19N3O3S/c1-4-7(2)10(11(16)17)15-12(18)13-5-9-6-19-8(3)14-9/h6-7,10H,4-5H2,1-3H3,(H,16,17)(H2,13,15,18). The summed E-state index contributed by atoms with van der Waals surface area (Å²) in [4.78, 5) is 26.9. The fourth-order valence-corrected chi connectivity index (χ4v) is 2.15. The third-order valence-corrected chi connectivity index (χ3v) is 3.68. The maximum atomic E-state index is 11.6. The van der Waals surface area contributed by atoms with Crippen LogP contribution in [0.3, 0.4) is 0 Å². The quantitative estimate of drug-likeness (QED) is 0.742. The molecular weight excluding hydrogens is 266 g/mol. The van der Waals surface area contributed by atoms with Gasteiger partial charge in [-0.3, -0.25) is 0 Å². The second-order valence-electron chi connectivity index (χ2n) is 4.39. The highest BCUT2D eigenvalue weighted by Gasteiger charge is 2.25. The van der Waals surface area contributed by atoms with Gasteiger partial charge in [0.2, 0.25) is 0 Å². The van der Waals surface area contributed by atoms with Crippen LogP contribution in [0, 0.1) is 12.8 Å². The molecule has 6 nitrogen and oxygen atoms in total. The Labute approximate surface area is 116 Å². The monoisotopic (exact) mass is 285 g/mol. The maximum Gasteiger partial charge on any atom is 0.326 e. The lowest BCUT2D eigenvalue weighted by molar-refractivity contribution is -0.140. The second kappa shape index (κ2) is 7.08. The summed E-state index contributed by atoms with van der Waals surface area (Å²) in [7, 11) is 0. The van der Waals surface area contributed by atoms with Gasteiger partial charge in [0.25, 0.3) is 0 Å². The van der Waals surface area contributed by atoms with E-state index < -0.39 is 18.0 Å². The molecule has 1 aromatic rings. The normalized spacial score (nSPS) is 13.6. The van der Waals surface area contributed by atoms with E-state index in [4.69, 9.17) is 5.11 Å². The van der Waals surface area contributed by atoms with E-state index in [-0.39, 0.29) is 5.92 Å². The van der Waals surface area contributed by atoms with E-state index in [1.165, 1.54) is 11.3 Å². The predicted molar refractivity (Wildman–Crippen MR) is 73.1 cm³/mol. The van der Waals surface area contributed by atoms with Crippen LogP contribution in [0.1, 0.15) is 31.0 Å². The molecule has 3 N–H and O–H groups in total. The number of carbonyl (C=O) groups excluding carboxylic acids is 1. The van der Waals surface area contributed by atoms with Crippen LogP contribution in [0.15, 0.2) is 5.38 Å². The summed E-state index contributed by atoms with van der Waals surface area (Å²) in [5.41, 5.74) is 0.771. The average molecular weight is 285 g/mol. The smallest absolute Gasteiger partial charge is 0.326 e. The number of urea groups is 1. The summed E-state index contributed by atoms with van der Waals surface area (Å²) in [5.74, 6) is -1.14. The van der Waals surface area contributed by atoms with Crippen LogP contribution in [-0.4, -0.2) is 28.1 Å². The number of carboxylic acids is 1. The van der Waals surface area contributed by atoms with E-state index in [1.807, 2.05) is 19.2 Å². The summed E-state index contributed by atoms with van der Waals surface area (Å²) in [6.45, 7) is 5.86. The van der Waals surface area contributed by atoms with Crippen LogP contribution in [0.2, 0.25) is 0 Å². The number of aliphatic carboxylic acids is 1. The van der Waals surface area contributed by atoms with Crippen molar-refractivity contribution >= 4 is 23.3 Å². The first-order valence-corrected chi connectivity index (χ1v) is 7.00. The molecule has 0 saturated heterocycles. The molecule has 0 radical (unpaired) electrons. The number of rotatable bonds is 6. The molecule has 0 saturated carbocycles. The van der Waals surface area contributed by atoms with Crippen molar-refractivity contribution in [2.24, 2.45) is 5.92 Å². The molecule has 7 heteroatoms. The molecule has 0 spiro atoms. The Morgan fingerprint density at radius 2 is 2.21 bits per heavy atom. The molecule has 0 aliphatic carbocycles. The van der Waals surface area contributed by atoms with Crippen LogP contribution in [0.5, 0.6) is 0 Å². The molecule has 1 heterocycles. The second-order valence-corrected chi connectivity index (χ2v) is 5.45. The van der Waals surface area contributed by atoms with Crippen LogP contribution in [0.25, 0.3) is 0 Å². The Morgan fingerprint density at radius 1 is 1.53 bits per heavy atom. The number of hydrogen-bond donors (Lipinski definition) is 3. The highest BCUT2D eigenvalue weighted by atomic mass is 32.1. The Kier molecular flexibility index (Phi) is 5.75. The number of aryl methyl sites for hydroxylation is 1. The van der Waals surface area contributed by atoms with Gasteiger partial charge in [0.05, 0.1) is 17.2 Å². The largest absolute Gasteiger partial charge is 0.480 e. The van der Waals surface area contributed by atoms with Gasteiger partial charge < -0.3 is 15.7 Å². The highest BCUT2D eigenvalue weighted by Crippen LogP contribution is 2.09. The molecule has 0 aliphatic rings. The average Bonchev–Trinajstić information content (AvgIpc) is 2.78. The number of hydrogen-bond acceptors (Lipinski definition) is 4. The molecule has 0 bridgehead atoms. The fraction of sp³-hybridized carbons (Fsp3) is 0.583. The van der Waals surface area contributed by atoms with Crippen LogP contribution < -0.4 is 10.6 Å². The summed E-state index contributed by atoms with van der Waals surface area (Å²) < 4.78 is 0. The number of thiazole rings is 1. The third kappa shape index (κ3) is 4.86. The van der Waals surface area contributed by atoms with Crippen molar-refractivity contribution in [3.8, 4) is 0 Å². The van der Waals surface area contributed by atoms with Crippen molar-refractivity contribution in [2.45, 2.75) is 39.8 Å². The zero-order valence-corrected chi connectivity index (χ0v) is 12.1. The molecule has 0 aromatic carbocycles. The minimum atomic E-state index is -1.02. The molecule has 2 unspecified atom stereocenters. The van der Waals surface area contributed by atoms with Gasteiger partial charge >= 0.3 is 12.0 Å². The van der Waals surface area contributed by atoms with Gasteiger partial charge in [-0.05, 0) is 12.8 Å². The number of nitrogens with one attached hydrogen (secondary N) is 2. The van der Waals surface area contributed by atoms with Crippen molar-refractivity contribution in [1.29, 1.82) is 0 Å². The van der Waals surface area contributed by atoms with E-state index in [9.17, 15) is 9.59 Å². The Hall–Kier alpha value is -1.63. The first-order valence-electron chi connectivity index (χ1n) is 6.12. The van der Waals surface area contributed by atoms with Gasteiger partial charge in [0.1, 0.15) is 6.04 Å². The van der Waals surface area contributed by atoms with Gasteiger partial charge in [-0.25, -0.2) is 14.6 Å². The summed E-state index contributed by atoms with van der Waals surface area (Å²) in [6.07, 6.45) is 0.683. The molecule has 1 aromatic heterocycles. The minimum Gasteiger partial charge on any atom is -0.480 e. The Morgan fingerprint density at radius 3 is 2.68 bits per heavy atom. The molecule has 19 heavy (non-hydrogen) atoms. The SMILES string of the molecule is CCC(C)C(NC(=O)NCc1csc(C)n1)C(=O)O. The Balaban J connectivity index is 2.46. The molecule has 106 valence electrons. The van der Waals surface area contributed by atoms with Crippen LogP contribution in [-0.2, 0) is 11.3 Å². The zero-order chi connectivity index (χ0) is 14.4. The van der Waals surface area contributed by atoms with Gasteiger partial charge in [-0.15, -0.1) is 11.3 Å². The van der Waals surface area contributed by atoms with Crippen molar-refractivity contribution in [3.63, 3.8) is 0 Å². The topological polar surface area (TPSA) is 91.3 Å². The van der Waals surface area contributed by atoms with Crippen molar-refractivity contribution in [3.05, 3.63) is 16.1 Å². The molecule has 0 aliphatic heterocycles. The number of nitrogens with zero attached hydrogens (tertiary/aromatic N) is 1. The maximum absolute atomic E-state index is 11.6. The number of aromatic nitrogens is 1. The number of carbonyl (C=O) groups is 2.